The van der Waals surface area contributed by atoms with E-state index in [1.54, 1.807) is 36.4 Å². The largest absolute Gasteiger partial charge is 0.508 e. The first-order chi connectivity index (χ1) is 18.9. The Hall–Kier alpha value is -3.92. The van der Waals surface area contributed by atoms with Crippen LogP contribution in [0.25, 0.3) is 0 Å². The Morgan fingerprint density at radius 2 is 1.23 bits per heavy atom. The first-order valence-electron chi connectivity index (χ1n) is 13.6. The predicted molar refractivity (Wildman–Crippen MR) is 152 cm³/mol. The van der Waals surface area contributed by atoms with Crippen molar-refractivity contribution in [3.8, 4) is 5.75 Å². The van der Waals surface area contributed by atoms with Gasteiger partial charge in [-0.3, -0.25) is 14.4 Å². The molecular weight excluding hydrogens is 512 g/mol. The van der Waals surface area contributed by atoms with Gasteiger partial charge in [0.1, 0.15) is 23.9 Å². The minimum Gasteiger partial charge on any atom is -0.508 e. The van der Waals surface area contributed by atoms with E-state index < -0.39 is 47.9 Å². The van der Waals surface area contributed by atoms with Gasteiger partial charge in [0.2, 0.25) is 17.7 Å². The van der Waals surface area contributed by atoms with Crippen molar-refractivity contribution >= 4 is 23.7 Å². The number of rotatable bonds is 15. The summed E-state index contributed by atoms with van der Waals surface area (Å²) in [5, 5.41) is 27.3. The molecule has 0 fully saturated rings. The standard InChI is InChI=1S/C30H42N4O6/c1-5-19(4)26(31)29(38)33-24(17-21-11-13-22(35)14-12-21)27(36)32-23(16-20-9-7-6-8-10-20)28(37)34-25(30(39)40)15-18(2)3/h6-14,18-19,23-26,35H,5,15-17,31H2,1-4H3,(H,32,36)(H,33,38)(H,34,37)(H,39,40). The highest BCUT2D eigenvalue weighted by Crippen LogP contribution is 2.13. The van der Waals surface area contributed by atoms with Crippen LogP contribution in [0.15, 0.2) is 54.6 Å². The maximum atomic E-state index is 13.6. The Bertz CT molecular complexity index is 1120. The molecule has 0 heterocycles. The molecule has 0 saturated heterocycles. The Morgan fingerprint density at radius 3 is 1.70 bits per heavy atom. The molecule has 5 atom stereocenters. The molecule has 5 unspecified atom stereocenters. The van der Waals surface area contributed by atoms with E-state index in [4.69, 9.17) is 5.73 Å². The lowest BCUT2D eigenvalue weighted by Gasteiger charge is -2.26. The number of carboxylic acids is 1. The van der Waals surface area contributed by atoms with Gasteiger partial charge in [-0.15, -0.1) is 0 Å². The van der Waals surface area contributed by atoms with Crippen molar-refractivity contribution in [3.63, 3.8) is 0 Å². The lowest BCUT2D eigenvalue weighted by Crippen LogP contribution is -2.58. The molecule has 0 bridgehead atoms. The second kappa shape index (κ2) is 15.6. The lowest BCUT2D eigenvalue weighted by molar-refractivity contribution is -0.142. The Labute approximate surface area is 235 Å². The van der Waals surface area contributed by atoms with Crippen molar-refractivity contribution in [2.45, 2.75) is 77.5 Å². The summed E-state index contributed by atoms with van der Waals surface area (Å²) >= 11 is 0. The third-order valence-corrected chi connectivity index (χ3v) is 6.81. The van der Waals surface area contributed by atoms with Crippen LogP contribution in [0.3, 0.4) is 0 Å². The topological polar surface area (TPSA) is 171 Å². The van der Waals surface area contributed by atoms with Crippen molar-refractivity contribution < 1.29 is 29.4 Å². The number of phenolic OH excluding ortho intramolecular Hbond substituents is 1. The van der Waals surface area contributed by atoms with Gasteiger partial charge in [0.25, 0.3) is 0 Å². The first-order valence-corrected chi connectivity index (χ1v) is 13.6. The Morgan fingerprint density at radius 1 is 0.750 bits per heavy atom. The second-order valence-corrected chi connectivity index (χ2v) is 10.6. The molecule has 3 amide bonds. The number of amides is 3. The highest BCUT2D eigenvalue weighted by molar-refractivity contribution is 5.94. The number of hydrogen-bond donors (Lipinski definition) is 6. The quantitative estimate of drug-likeness (QED) is 0.196. The van der Waals surface area contributed by atoms with E-state index in [1.165, 1.54) is 12.1 Å². The second-order valence-electron chi connectivity index (χ2n) is 10.6. The van der Waals surface area contributed by atoms with Gasteiger partial charge in [0, 0.05) is 12.8 Å². The molecule has 10 nitrogen and oxygen atoms in total. The van der Waals surface area contributed by atoms with E-state index in [2.05, 4.69) is 16.0 Å². The summed E-state index contributed by atoms with van der Waals surface area (Å²) in [6, 6.07) is 11.1. The van der Waals surface area contributed by atoms with Crippen LogP contribution in [0.1, 0.15) is 51.7 Å². The molecule has 2 aromatic carbocycles. The van der Waals surface area contributed by atoms with Crippen molar-refractivity contribution in [1.29, 1.82) is 0 Å². The molecule has 7 N–H and O–H groups in total. The van der Waals surface area contributed by atoms with E-state index in [0.717, 1.165) is 5.56 Å². The number of carboxylic acid groups (broad SMARTS) is 1. The molecule has 0 saturated carbocycles. The van der Waals surface area contributed by atoms with Gasteiger partial charge in [0.15, 0.2) is 0 Å². The summed E-state index contributed by atoms with van der Waals surface area (Å²) in [6.07, 6.45) is 1.08. The number of hydrogen-bond acceptors (Lipinski definition) is 6. The van der Waals surface area contributed by atoms with E-state index >= 15 is 0 Å². The van der Waals surface area contributed by atoms with Crippen LogP contribution in [0.5, 0.6) is 5.75 Å². The van der Waals surface area contributed by atoms with Gasteiger partial charge < -0.3 is 31.9 Å². The van der Waals surface area contributed by atoms with Crippen LogP contribution in [0.2, 0.25) is 0 Å². The molecule has 0 aliphatic heterocycles. The van der Waals surface area contributed by atoms with Gasteiger partial charge in [-0.25, -0.2) is 4.79 Å². The number of benzene rings is 2. The van der Waals surface area contributed by atoms with Crippen LogP contribution in [0.4, 0.5) is 0 Å². The number of aromatic hydroxyl groups is 1. The van der Waals surface area contributed by atoms with Crippen LogP contribution in [-0.4, -0.2) is 58.1 Å². The molecule has 0 aliphatic carbocycles. The molecule has 0 spiro atoms. The molecule has 2 aromatic rings. The summed E-state index contributed by atoms with van der Waals surface area (Å²) in [7, 11) is 0. The summed E-state index contributed by atoms with van der Waals surface area (Å²) in [5.74, 6) is -2.97. The lowest BCUT2D eigenvalue weighted by atomic mass is 9.98. The molecule has 2 rings (SSSR count). The average Bonchev–Trinajstić information content (AvgIpc) is 2.92. The summed E-state index contributed by atoms with van der Waals surface area (Å²) in [5.41, 5.74) is 7.54. The van der Waals surface area contributed by atoms with Gasteiger partial charge >= 0.3 is 5.97 Å². The third-order valence-electron chi connectivity index (χ3n) is 6.81. The van der Waals surface area contributed by atoms with E-state index in [0.29, 0.717) is 12.0 Å². The number of nitrogens with two attached hydrogens (primary N) is 1. The summed E-state index contributed by atoms with van der Waals surface area (Å²) in [6.45, 7) is 7.46. The fraction of sp³-hybridized carbons (Fsp3) is 0.467. The number of phenols is 1. The molecule has 10 heteroatoms. The first kappa shape index (κ1) is 32.3. The fourth-order valence-electron chi connectivity index (χ4n) is 4.15. The molecule has 0 aliphatic rings. The molecular formula is C30H42N4O6. The summed E-state index contributed by atoms with van der Waals surface area (Å²) in [4.78, 5) is 51.7. The molecule has 0 radical (unpaired) electrons. The summed E-state index contributed by atoms with van der Waals surface area (Å²) < 4.78 is 0. The maximum absolute atomic E-state index is 13.6. The van der Waals surface area contributed by atoms with Crippen LogP contribution in [-0.2, 0) is 32.0 Å². The average molecular weight is 555 g/mol. The highest BCUT2D eigenvalue weighted by atomic mass is 16.4. The van der Waals surface area contributed by atoms with Crippen molar-refractivity contribution in [2.75, 3.05) is 0 Å². The fourth-order valence-corrected chi connectivity index (χ4v) is 4.15. The molecule has 0 aromatic heterocycles. The number of carbonyl (C=O) groups is 4. The van der Waals surface area contributed by atoms with Crippen LogP contribution < -0.4 is 21.7 Å². The van der Waals surface area contributed by atoms with Gasteiger partial charge in [-0.2, -0.15) is 0 Å². The number of aliphatic carboxylic acids is 1. The van der Waals surface area contributed by atoms with Crippen molar-refractivity contribution in [2.24, 2.45) is 17.6 Å². The van der Waals surface area contributed by atoms with E-state index in [9.17, 15) is 29.4 Å². The predicted octanol–water partition coefficient (Wildman–Crippen LogP) is 2.14. The van der Waals surface area contributed by atoms with Crippen LogP contribution >= 0.6 is 0 Å². The van der Waals surface area contributed by atoms with E-state index in [-0.39, 0.29) is 36.8 Å². The smallest absolute Gasteiger partial charge is 0.326 e. The Kier molecular flexibility index (Phi) is 12.6. The van der Waals surface area contributed by atoms with E-state index in [1.807, 2.05) is 33.8 Å². The zero-order valence-electron chi connectivity index (χ0n) is 23.6. The number of nitrogens with one attached hydrogen (secondary N) is 3. The van der Waals surface area contributed by atoms with Crippen molar-refractivity contribution in [3.05, 3.63) is 65.7 Å². The van der Waals surface area contributed by atoms with Gasteiger partial charge in [0.05, 0.1) is 6.04 Å². The monoisotopic (exact) mass is 554 g/mol. The zero-order valence-corrected chi connectivity index (χ0v) is 23.6. The SMILES string of the molecule is CCC(C)C(N)C(=O)NC(Cc1ccc(O)cc1)C(=O)NC(Cc1ccccc1)C(=O)NC(CC(C)C)C(=O)O. The maximum Gasteiger partial charge on any atom is 0.326 e. The molecule has 40 heavy (non-hydrogen) atoms. The minimum atomic E-state index is -1.16. The third kappa shape index (κ3) is 10.3. The highest BCUT2D eigenvalue weighted by Gasteiger charge is 2.31. The molecule has 218 valence electrons. The zero-order chi connectivity index (χ0) is 29.8. The normalized spacial score (nSPS) is 14.8. The van der Waals surface area contributed by atoms with Crippen LogP contribution in [0, 0.1) is 11.8 Å². The van der Waals surface area contributed by atoms with Gasteiger partial charge in [-0.05, 0) is 41.5 Å². The van der Waals surface area contributed by atoms with Crippen molar-refractivity contribution in [1.82, 2.24) is 16.0 Å². The number of carbonyl (C=O) groups excluding carboxylic acids is 3. The Balaban J connectivity index is 2.33. The minimum absolute atomic E-state index is 0.0168. The van der Waals surface area contributed by atoms with Gasteiger partial charge in [-0.1, -0.05) is 76.6 Å².